The van der Waals surface area contributed by atoms with Gasteiger partial charge in [0, 0.05) is 17.7 Å². The first-order valence-corrected chi connectivity index (χ1v) is 10.4. The average Bonchev–Trinajstić information content (AvgIpc) is 3.37. The van der Waals surface area contributed by atoms with Gasteiger partial charge in [0.2, 0.25) is 0 Å². The van der Waals surface area contributed by atoms with Gasteiger partial charge in [0.05, 0.1) is 32.7 Å². The Bertz CT molecular complexity index is 1250. The number of hydrogen-bond donors (Lipinski definition) is 2. The quantitative estimate of drug-likeness (QED) is 0.412. The SMILES string of the molecule is COc1cccc(-c2cc(-c3ccc(C(=O)NCc4ccc(OC)c(OC)c4)cc3)[nH]n2)c1. The van der Waals surface area contributed by atoms with Crippen LogP contribution in [0.3, 0.4) is 0 Å². The van der Waals surface area contributed by atoms with Crippen LogP contribution in [-0.2, 0) is 6.54 Å². The van der Waals surface area contributed by atoms with E-state index in [1.165, 1.54) is 0 Å². The molecule has 0 unspecified atom stereocenters. The molecule has 0 fully saturated rings. The fourth-order valence-corrected chi connectivity index (χ4v) is 3.48. The van der Waals surface area contributed by atoms with Crippen LogP contribution in [0.5, 0.6) is 17.2 Å². The standard InChI is InChI=1S/C26H25N3O4/c1-31-21-6-4-5-20(14-21)23-15-22(28-29-23)18-8-10-19(11-9-18)26(30)27-16-17-7-12-24(32-2)25(13-17)33-3/h4-15H,16H2,1-3H3,(H,27,30)(H,28,29). The number of amides is 1. The van der Waals surface area contributed by atoms with E-state index in [1.807, 2.05) is 60.7 Å². The Balaban J connectivity index is 1.42. The molecule has 0 bridgehead atoms. The number of ether oxygens (including phenoxy) is 3. The van der Waals surface area contributed by atoms with Crippen LogP contribution in [0.1, 0.15) is 15.9 Å². The van der Waals surface area contributed by atoms with Gasteiger partial charge in [-0.2, -0.15) is 5.10 Å². The molecule has 0 radical (unpaired) electrons. The van der Waals surface area contributed by atoms with Crippen molar-refractivity contribution in [3.63, 3.8) is 0 Å². The molecule has 7 heteroatoms. The van der Waals surface area contributed by atoms with Crippen molar-refractivity contribution in [3.8, 4) is 39.8 Å². The summed E-state index contributed by atoms with van der Waals surface area (Å²) in [4.78, 5) is 12.6. The zero-order valence-corrected chi connectivity index (χ0v) is 18.7. The normalized spacial score (nSPS) is 10.5. The number of carbonyl (C=O) groups excluding carboxylic acids is 1. The fraction of sp³-hybridized carbons (Fsp3) is 0.154. The predicted octanol–water partition coefficient (Wildman–Crippen LogP) is 4.70. The summed E-state index contributed by atoms with van der Waals surface area (Å²) in [5.41, 5.74) is 5.08. The summed E-state index contributed by atoms with van der Waals surface area (Å²) in [6.07, 6.45) is 0. The number of carbonyl (C=O) groups is 1. The van der Waals surface area contributed by atoms with E-state index in [9.17, 15) is 4.79 Å². The molecule has 0 saturated heterocycles. The fourth-order valence-electron chi connectivity index (χ4n) is 3.48. The Hall–Kier alpha value is -4.26. The molecule has 7 nitrogen and oxygen atoms in total. The van der Waals surface area contributed by atoms with Crippen LogP contribution in [-0.4, -0.2) is 37.4 Å². The smallest absolute Gasteiger partial charge is 0.251 e. The maximum atomic E-state index is 12.6. The number of methoxy groups -OCH3 is 3. The third-order valence-corrected chi connectivity index (χ3v) is 5.30. The molecule has 0 aliphatic heterocycles. The average molecular weight is 444 g/mol. The van der Waals surface area contributed by atoms with Crippen LogP contribution < -0.4 is 19.5 Å². The Morgan fingerprint density at radius 1 is 0.848 bits per heavy atom. The molecule has 4 aromatic rings. The van der Waals surface area contributed by atoms with Crippen molar-refractivity contribution in [3.05, 3.63) is 83.9 Å². The lowest BCUT2D eigenvalue weighted by Gasteiger charge is -2.10. The monoisotopic (exact) mass is 443 g/mol. The van der Waals surface area contributed by atoms with E-state index in [-0.39, 0.29) is 5.91 Å². The Morgan fingerprint density at radius 3 is 2.36 bits per heavy atom. The first kappa shape index (κ1) is 22.0. The molecule has 2 N–H and O–H groups in total. The van der Waals surface area contributed by atoms with E-state index in [2.05, 4.69) is 15.5 Å². The minimum absolute atomic E-state index is 0.155. The van der Waals surface area contributed by atoms with Gasteiger partial charge in [-0.05, 0) is 53.6 Å². The van der Waals surface area contributed by atoms with E-state index < -0.39 is 0 Å². The second kappa shape index (κ2) is 9.91. The second-order valence-electron chi connectivity index (χ2n) is 7.35. The van der Waals surface area contributed by atoms with Crippen LogP contribution in [0, 0.1) is 0 Å². The highest BCUT2D eigenvalue weighted by molar-refractivity contribution is 5.94. The van der Waals surface area contributed by atoms with Gasteiger partial charge in [-0.15, -0.1) is 0 Å². The predicted molar refractivity (Wildman–Crippen MR) is 127 cm³/mol. The molecule has 33 heavy (non-hydrogen) atoms. The summed E-state index contributed by atoms with van der Waals surface area (Å²) in [5, 5.41) is 10.4. The van der Waals surface area contributed by atoms with Crippen molar-refractivity contribution in [1.82, 2.24) is 15.5 Å². The summed E-state index contributed by atoms with van der Waals surface area (Å²) >= 11 is 0. The van der Waals surface area contributed by atoms with Gasteiger partial charge in [-0.25, -0.2) is 0 Å². The molecule has 3 aromatic carbocycles. The number of benzene rings is 3. The van der Waals surface area contributed by atoms with E-state index in [0.29, 0.717) is 23.6 Å². The van der Waals surface area contributed by atoms with E-state index in [0.717, 1.165) is 33.8 Å². The molecular weight excluding hydrogens is 418 g/mol. The summed E-state index contributed by atoms with van der Waals surface area (Å²) < 4.78 is 15.8. The largest absolute Gasteiger partial charge is 0.497 e. The van der Waals surface area contributed by atoms with Gasteiger partial charge in [0.25, 0.3) is 5.91 Å². The van der Waals surface area contributed by atoms with Gasteiger partial charge >= 0.3 is 0 Å². The summed E-state index contributed by atoms with van der Waals surface area (Å²) in [6, 6.07) is 22.7. The van der Waals surface area contributed by atoms with Gasteiger partial charge in [-0.3, -0.25) is 9.89 Å². The number of nitrogens with zero attached hydrogens (tertiary/aromatic N) is 1. The Labute approximate surface area is 192 Å². The molecule has 1 heterocycles. The van der Waals surface area contributed by atoms with Gasteiger partial charge < -0.3 is 19.5 Å². The molecule has 0 aliphatic rings. The van der Waals surface area contributed by atoms with Crippen LogP contribution in [0.15, 0.2) is 72.8 Å². The van der Waals surface area contributed by atoms with Crippen molar-refractivity contribution >= 4 is 5.91 Å². The van der Waals surface area contributed by atoms with Gasteiger partial charge in [0.1, 0.15) is 5.75 Å². The zero-order chi connectivity index (χ0) is 23.2. The van der Waals surface area contributed by atoms with Crippen molar-refractivity contribution in [2.24, 2.45) is 0 Å². The highest BCUT2D eigenvalue weighted by Crippen LogP contribution is 2.28. The van der Waals surface area contributed by atoms with Crippen molar-refractivity contribution in [2.75, 3.05) is 21.3 Å². The second-order valence-corrected chi connectivity index (χ2v) is 7.35. The zero-order valence-electron chi connectivity index (χ0n) is 18.7. The van der Waals surface area contributed by atoms with Crippen LogP contribution in [0.25, 0.3) is 22.5 Å². The Kier molecular flexibility index (Phi) is 6.59. The van der Waals surface area contributed by atoms with Crippen molar-refractivity contribution < 1.29 is 19.0 Å². The molecular formula is C26H25N3O4. The summed E-state index contributed by atoms with van der Waals surface area (Å²) in [6.45, 7) is 0.380. The molecule has 4 rings (SSSR count). The van der Waals surface area contributed by atoms with E-state index in [4.69, 9.17) is 14.2 Å². The lowest BCUT2D eigenvalue weighted by Crippen LogP contribution is -2.22. The minimum atomic E-state index is -0.155. The number of aromatic amines is 1. The third kappa shape index (κ3) is 4.98. The summed E-state index contributed by atoms with van der Waals surface area (Å²) in [5.74, 6) is 1.90. The van der Waals surface area contributed by atoms with Crippen molar-refractivity contribution in [1.29, 1.82) is 0 Å². The first-order valence-electron chi connectivity index (χ1n) is 10.4. The lowest BCUT2D eigenvalue weighted by molar-refractivity contribution is 0.0951. The maximum Gasteiger partial charge on any atom is 0.251 e. The topological polar surface area (TPSA) is 85.5 Å². The van der Waals surface area contributed by atoms with E-state index in [1.54, 1.807) is 33.5 Å². The number of rotatable bonds is 8. The van der Waals surface area contributed by atoms with Crippen LogP contribution in [0.2, 0.25) is 0 Å². The Morgan fingerprint density at radius 2 is 1.64 bits per heavy atom. The molecule has 0 atom stereocenters. The highest BCUT2D eigenvalue weighted by atomic mass is 16.5. The van der Waals surface area contributed by atoms with Gasteiger partial charge in [-0.1, -0.05) is 30.3 Å². The molecule has 0 spiro atoms. The van der Waals surface area contributed by atoms with Crippen LogP contribution >= 0.6 is 0 Å². The lowest BCUT2D eigenvalue weighted by atomic mass is 10.1. The molecule has 0 saturated carbocycles. The molecule has 1 amide bonds. The van der Waals surface area contributed by atoms with Crippen LogP contribution in [0.4, 0.5) is 0 Å². The third-order valence-electron chi connectivity index (χ3n) is 5.30. The summed E-state index contributed by atoms with van der Waals surface area (Å²) in [7, 11) is 4.81. The number of aromatic nitrogens is 2. The number of nitrogens with one attached hydrogen (secondary N) is 2. The molecule has 0 aliphatic carbocycles. The van der Waals surface area contributed by atoms with Gasteiger partial charge in [0.15, 0.2) is 11.5 Å². The molecule has 1 aromatic heterocycles. The number of H-pyrrole nitrogens is 1. The number of hydrogen-bond acceptors (Lipinski definition) is 5. The molecule has 168 valence electrons. The van der Waals surface area contributed by atoms with Crippen molar-refractivity contribution in [2.45, 2.75) is 6.54 Å². The van der Waals surface area contributed by atoms with E-state index >= 15 is 0 Å². The minimum Gasteiger partial charge on any atom is -0.497 e. The maximum absolute atomic E-state index is 12.6. The highest BCUT2D eigenvalue weighted by Gasteiger charge is 2.10. The first-order chi connectivity index (χ1) is 16.1.